The number of likely N-dealkylation sites (tertiary alicyclic amines) is 1. The van der Waals surface area contributed by atoms with Crippen molar-refractivity contribution in [2.24, 2.45) is 23.5 Å². The van der Waals surface area contributed by atoms with Gasteiger partial charge in [0.15, 0.2) is 0 Å². The van der Waals surface area contributed by atoms with E-state index in [9.17, 15) is 4.79 Å². The van der Waals surface area contributed by atoms with Gasteiger partial charge in [0, 0.05) is 37.3 Å². The zero-order valence-electron chi connectivity index (χ0n) is 17.1. The second-order valence-corrected chi connectivity index (χ2v) is 9.30. The van der Waals surface area contributed by atoms with E-state index in [-0.39, 0.29) is 42.2 Å². The fourth-order valence-electron chi connectivity index (χ4n) is 6.12. The number of nitrogens with two attached hydrogens (primary N) is 1. The minimum absolute atomic E-state index is 0. The summed E-state index contributed by atoms with van der Waals surface area (Å²) in [7, 11) is 0. The molecule has 0 aromatic rings. The maximum absolute atomic E-state index is 13.0. The zero-order valence-corrected chi connectivity index (χ0v) is 18.7. The number of piperidine rings is 1. The lowest BCUT2D eigenvalue weighted by Crippen LogP contribution is -2.60. The van der Waals surface area contributed by atoms with Gasteiger partial charge < -0.3 is 15.8 Å². The highest BCUT2D eigenvalue weighted by atomic mass is 35.5. The van der Waals surface area contributed by atoms with E-state index in [2.05, 4.69) is 10.2 Å². The third kappa shape index (κ3) is 5.15. The topological polar surface area (TPSA) is 67.6 Å². The number of nitrogens with one attached hydrogen (secondary N) is 1. The second-order valence-electron chi connectivity index (χ2n) is 9.30. The van der Waals surface area contributed by atoms with Gasteiger partial charge in [0.1, 0.15) is 0 Å². The first-order chi connectivity index (χ1) is 12.7. The molecule has 3 N–H and O–H groups in total. The van der Waals surface area contributed by atoms with Crippen LogP contribution in [-0.2, 0) is 9.53 Å². The monoisotopic (exact) mass is 435 g/mol. The Labute approximate surface area is 182 Å². The molecular weight excluding hydrogens is 397 g/mol. The molecule has 2 saturated carbocycles. The molecule has 4 fully saturated rings. The van der Waals surface area contributed by atoms with Crippen LogP contribution in [0.15, 0.2) is 0 Å². The molecule has 2 saturated heterocycles. The SMILES string of the molecule is Cl.Cl.NC1C2CCCC1CC(C(=O)NCC1(N3CCCCC3)CCOCC1)C2. The van der Waals surface area contributed by atoms with Crippen molar-refractivity contribution in [3.8, 4) is 0 Å². The van der Waals surface area contributed by atoms with E-state index in [1.807, 2.05) is 0 Å². The number of rotatable bonds is 4. The Hall–Kier alpha value is -0.0700. The number of carbonyl (C=O) groups is 1. The molecule has 2 aliphatic heterocycles. The first-order valence-corrected chi connectivity index (χ1v) is 11.0. The molecule has 2 aliphatic carbocycles. The van der Waals surface area contributed by atoms with Crippen LogP contribution in [0.5, 0.6) is 0 Å². The molecule has 5 nitrogen and oxygen atoms in total. The van der Waals surface area contributed by atoms with Crippen molar-refractivity contribution < 1.29 is 9.53 Å². The predicted molar refractivity (Wildman–Crippen MR) is 117 cm³/mol. The first kappa shape index (κ1) is 24.2. The van der Waals surface area contributed by atoms with E-state index in [0.29, 0.717) is 17.9 Å². The fraction of sp³-hybridized carbons (Fsp3) is 0.952. The smallest absolute Gasteiger partial charge is 0.223 e. The highest BCUT2D eigenvalue weighted by Crippen LogP contribution is 2.42. The normalized spacial score (nSPS) is 35.2. The Kier molecular flexibility index (Phi) is 9.34. The van der Waals surface area contributed by atoms with Crippen molar-refractivity contribution in [2.75, 3.05) is 32.8 Å². The van der Waals surface area contributed by atoms with E-state index < -0.39 is 0 Å². The largest absolute Gasteiger partial charge is 0.381 e. The van der Waals surface area contributed by atoms with Crippen molar-refractivity contribution in [3.05, 3.63) is 0 Å². The maximum atomic E-state index is 13.0. The number of carbonyl (C=O) groups excluding carboxylic acids is 1. The highest BCUT2D eigenvalue weighted by Gasteiger charge is 2.42. The Balaban J connectivity index is 0.00000140. The summed E-state index contributed by atoms with van der Waals surface area (Å²) in [6.45, 7) is 4.81. The van der Waals surface area contributed by atoms with Crippen LogP contribution >= 0.6 is 24.8 Å². The van der Waals surface area contributed by atoms with Crippen LogP contribution in [0.25, 0.3) is 0 Å². The lowest BCUT2D eigenvalue weighted by Gasteiger charge is -2.48. The molecule has 2 bridgehead atoms. The zero-order chi connectivity index (χ0) is 18.0. The molecule has 28 heavy (non-hydrogen) atoms. The third-order valence-corrected chi connectivity index (χ3v) is 7.83. The van der Waals surface area contributed by atoms with Crippen molar-refractivity contribution in [1.29, 1.82) is 0 Å². The van der Waals surface area contributed by atoms with Gasteiger partial charge in [-0.2, -0.15) is 0 Å². The molecule has 2 unspecified atom stereocenters. The van der Waals surface area contributed by atoms with Gasteiger partial charge in [0.05, 0.1) is 0 Å². The van der Waals surface area contributed by atoms with Crippen LogP contribution in [0, 0.1) is 17.8 Å². The number of fused-ring (bicyclic) bond motifs is 2. The summed E-state index contributed by atoms with van der Waals surface area (Å²) in [5, 5.41) is 3.39. The second kappa shape index (κ2) is 10.8. The van der Waals surface area contributed by atoms with Gasteiger partial charge in [-0.25, -0.2) is 0 Å². The van der Waals surface area contributed by atoms with Crippen molar-refractivity contribution in [2.45, 2.75) is 75.8 Å². The van der Waals surface area contributed by atoms with Crippen LogP contribution in [0.2, 0.25) is 0 Å². The van der Waals surface area contributed by atoms with Gasteiger partial charge >= 0.3 is 0 Å². The highest BCUT2D eigenvalue weighted by molar-refractivity contribution is 5.85. The number of amides is 1. The average Bonchev–Trinajstić information content (AvgIpc) is 2.67. The summed E-state index contributed by atoms with van der Waals surface area (Å²) in [4.78, 5) is 15.7. The average molecular weight is 436 g/mol. The van der Waals surface area contributed by atoms with Crippen molar-refractivity contribution >= 4 is 30.7 Å². The molecule has 0 aromatic carbocycles. The van der Waals surface area contributed by atoms with Crippen molar-refractivity contribution in [3.63, 3.8) is 0 Å². The standard InChI is InChI=1S/C21H37N3O2.2ClH/c22-19-16-5-4-6-17(19)14-18(13-16)20(25)23-15-21(7-11-26-12-8-21)24-9-2-1-3-10-24;;/h16-19H,1-15,22H2,(H,23,25);2*1H. The van der Waals surface area contributed by atoms with Crippen LogP contribution in [0.4, 0.5) is 0 Å². The molecule has 2 atom stereocenters. The van der Waals surface area contributed by atoms with Crippen LogP contribution in [0.3, 0.4) is 0 Å². The maximum Gasteiger partial charge on any atom is 0.223 e. The number of nitrogens with zero attached hydrogens (tertiary/aromatic N) is 1. The minimum Gasteiger partial charge on any atom is -0.381 e. The number of hydrogen-bond donors (Lipinski definition) is 2. The van der Waals surface area contributed by atoms with Crippen LogP contribution in [-0.4, -0.2) is 55.2 Å². The summed E-state index contributed by atoms with van der Waals surface area (Å²) in [6.07, 6.45) is 11.8. The van der Waals surface area contributed by atoms with Gasteiger partial charge in [0.25, 0.3) is 0 Å². The Morgan fingerprint density at radius 3 is 2.21 bits per heavy atom. The van der Waals surface area contributed by atoms with E-state index in [1.165, 1.54) is 51.6 Å². The number of ether oxygens (including phenoxy) is 1. The summed E-state index contributed by atoms with van der Waals surface area (Å²) in [5.74, 6) is 1.61. The number of halogens is 2. The molecule has 1 amide bonds. The molecule has 0 spiro atoms. The Bertz CT molecular complexity index is 482. The molecular formula is C21H39Cl2N3O2. The molecule has 0 aromatic heterocycles. The lowest BCUT2D eigenvalue weighted by atomic mass is 9.65. The lowest BCUT2D eigenvalue weighted by molar-refractivity contribution is -0.129. The first-order valence-electron chi connectivity index (χ1n) is 11.0. The molecule has 4 aliphatic rings. The molecule has 164 valence electrons. The summed E-state index contributed by atoms with van der Waals surface area (Å²) in [5.41, 5.74) is 6.52. The van der Waals surface area contributed by atoms with Crippen LogP contribution in [0.1, 0.15) is 64.2 Å². The van der Waals surface area contributed by atoms with Crippen LogP contribution < -0.4 is 11.1 Å². The summed E-state index contributed by atoms with van der Waals surface area (Å²) < 4.78 is 5.65. The van der Waals surface area contributed by atoms with Gasteiger partial charge in [-0.05, 0) is 76.3 Å². The minimum atomic E-state index is 0. The van der Waals surface area contributed by atoms with Gasteiger partial charge in [-0.15, -0.1) is 24.8 Å². The molecule has 7 heteroatoms. The van der Waals surface area contributed by atoms with Crippen molar-refractivity contribution in [1.82, 2.24) is 10.2 Å². The van der Waals surface area contributed by atoms with E-state index >= 15 is 0 Å². The number of hydrogen-bond acceptors (Lipinski definition) is 4. The third-order valence-electron chi connectivity index (χ3n) is 7.83. The van der Waals surface area contributed by atoms with E-state index in [4.69, 9.17) is 10.5 Å². The van der Waals surface area contributed by atoms with Gasteiger partial charge in [-0.3, -0.25) is 9.69 Å². The molecule has 2 heterocycles. The van der Waals surface area contributed by atoms with Gasteiger partial charge in [0.2, 0.25) is 5.91 Å². The van der Waals surface area contributed by atoms with E-state index in [1.54, 1.807) is 0 Å². The molecule has 4 rings (SSSR count). The van der Waals surface area contributed by atoms with E-state index in [0.717, 1.165) is 45.4 Å². The summed E-state index contributed by atoms with van der Waals surface area (Å²) in [6, 6.07) is 0.336. The quantitative estimate of drug-likeness (QED) is 0.711. The Morgan fingerprint density at radius 1 is 1.00 bits per heavy atom. The fourth-order valence-corrected chi connectivity index (χ4v) is 6.12. The van der Waals surface area contributed by atoms with Gasteiger partial charge in [-0.1, -0.05) is 12.8 Å². The summed E-state index contributed by atoms with van der Waals surface area (Å²) >= 11 is 0. The Morgan fingerprint density at radius 2 is 1.61 bits per heavy atom. The molecule has 0 radical (unpaired) electrons. The predicted octanol–water partition coefficient (Wildman–Crippen LogP) is 3.13.